The van der Waals surface area contributed by atoms with Crippen molar-refractivity contribution in [2.45, 2.75) is 258 Å². The van der Waals surface area contributed by atoms with Gasteiger partial charge >= 0.3 is 17.9 Å². The lowest BCUT2D eigenvalue weighted by molar-refractivity contribution is -0.167. The lowest BCUT2D eigenvalue weighted by Crippen LogP contribution is -2.30. The first-order chi connectivity index (χ1) is 41.0. The molecular weight excluding hydrogens is 1020 g/mol. The van der Waals surface area contributed by atoms with Crippen LogP contribution in [0, 0.1) is 0 Å². The van der Waals surface area contributed by atoms with E-state index in [-0.39, 0.29) is 37.5 Å². The zero-order valence-electron chi connectivity index (χ0n) is 52.9. The van der Waals surface area contributed by atoms with Crippen LogP contribution in [0.2, 0.25) is 0 Å². The molecule has 0 heterocycles. The van der Waals surface area contributed by atoms with Gasteiger partial charge in [-0.05, 0) is 161 Å². The van der Waals surface area contributed by atoms with Gasteiger partial charge < -0.3 is 14.2 Å². The lowest BCUT2D eigenvalue weighted by Gasteiger charge is -2.18. The summed E-state index contributed by atoms with van der Waals surface area (Å²) < 4.78 is 16.9. The molecule has 0 saturated heterocycles. The number of carbonyl (C=O) groups excluding carboxylic acids is 3. The molecule has 1 unspecified atom stereocenters. The molecule has 0 aromatic carbocycles. The van der Waals surface area contributed by atoms with E-state index in [1.165, 1.54) is 12.8 Å². The number of hydrogen-bond acceptors (Lipinski definition) is 6. The first-order valence-corrected chi connectivity index (χ1v) is 32.9. The zero-order valence-corrected chi connectivity index (χ0v) is 52.9. The van der Waals surface area contributed by atoms with Crippen molar-refractivity contribution in [2.75, 3.05) is 13.2 Å². The van der Waals surface area contributed by atoms with Gasteiger partial charge in [0.2, 0.25) is 0 Å². The summed E-state index contributed by atoms with van der Waals surface area (Å²) in [6, 6.07) is 0. The molecule has 6 heteroatoms. The number of hydrogen-bond donors (Lipinski definition) is 0. The van der Waals surface area contributed by atoms with E-state index >= 15 is 0 Å². The Bertz CT molecular complexity index is 1990. The second-order valence-corrected chi connectivity index (χ2v) is 20.9. The molecule has 0 aliphatic heterocycles. The fourth-order valence-corrected chi connectivity index (χ4v) is 8.26. The molecule has 0 saturated carbocycles. The summed E-state index contributed by atoms with van der Waals surface area (Å²) in [6.07, 6.45) is 104. The molecule has 0 aromatic rings. The molecule has 0 aliphatic rings. The third kappa shape index (κ3) is 66.9. The summed E-state index contributed by atoms with van der Waals surface area (Å²) >= 11 is 0. The van der Waals surface area contributed by atoms with Crippen molar-refractivity contribution >= 4 is 17.9 Å². The van der Waals surface area contributed by atoms with Crippen molar-refractivity contribution in [1.29, 1.82) is 0 Å². The SMILES string of the molecule is CC/C=C\C/C=C\C/C=C\C/C=C\C/C=C\C/C=C\C/C=C\C/C=C\CCCCCCCCC(=O)OCC(COC(=O)CCCCC/C=C\C/C=C\C/C=C\CC)OC(=O)CCCCCCC/C=C\C/C=C\C/C=C\C/C=C\C/C=C\CC. The second-order valence-electron chi connectivity index (χ2n) is 20.9. The Morgan fingerprint density at radius 2 is 0.434 bits per heavy atom. The molecule has 83 heavy (non-hydrogen) atoms. The lowest BCUT2D eigenvalue weighted by atomic mass is 10.1. The van der Waals surface area contributed by atoms with Gasteiger partial charge in [-0.3, -0.25) is 14.4 Å². The molecular formula is C77H118O6. The molecule has 0 N–H and O–H groups in total. The van der Waals surface area contributed by atoms with E-state index in [9.17, 15) is 14.4 Å². The van der Waals surface area contributed by atoms with Crippen LogP contribution in [0.15, 0.2) is 194 Å². The van der Waals surface area contributed by atoms with Crippen molar-refractivity contribution in [3.63, 3.8) is 0 Å². The third-order valence-corrected chi connectivity index (χ3v) is 13.1. The molecule has 6 nitrogen and oxygen atoms in total. The number of ether oxygens (including phenoxy) is 3. The van der Waals surface area contributed by atoms with E-state index in [1.54, 1.807) is 0 Å². The smallest absolute Gasteiger partial charge is 0.306 e. The predicted octanol–water partition coefficient (Wildman–Crippen LogP) is 23.0. The average Bonchev–Trinajstić information content (AvgIpc) is 3.49. The minimum Gasteiger partial charge on any atom is -0.462 e. The van der Waals surface area contributed by atoms with Crippen LogP contribution in [0.3, 0.4) is 0 Å². The maximum Gasteiger partial charge on any atom is 0.306 e. The molecule has 0 bridgehead atoms. The standard InChI is InChI=1S/C77H118O6/c1-4-7-10-13-16-19-22-25-27-29-31-33-34-35-36-37-38-39-40-41-42-44-45-47-49-52-55-58-61-64-67-70-76(79)82-73-74(72-81-75(78)69-66-63-60-57-54-51-24-21-18-15-12-9-6-3)83-77(80)71-68-65-62-59-56-53-50-48-46-43-32-30-28-26-23-20-17-14-11-8-5-2/h7-12,16-21,25-28,31-33,35-36,38-39,41-43,45,47-48,50-51,54,74H,4-6,13-15,22-24,29-30,34,37,40,44,46,49,52-53,55-73H2,1-3H3/b10-7-,11-8-,12-9-,19-16-,20-17-,21-18-,27-25-,28-26-,33-31-,36-35-,39-38-,42-41-,43-32-,47-45-,50-48-,54-51-. The molecule has 0 fully saturated rings. The highest BCUT2D eigenvalue weighted by molar-refractivity contribution is 5.71. The van der Waals surface area contributed by atoms with Crippen LogP contribution in [0.25, 0.3) is 0 Å². The monoisotopic (exact) mass is 1140 g/mol. The number of unbranched alkanes of at least 4 members (excludes halogenated alkanes) is 14. The Labute approximate surface area is 509 Å². The van der Waals surface area contributed by atoms with Crippen molar-refractivity contribution in [3.8, 4) is 0 Å². The number of esters is 3. The van der Waals surface area contributed by atoms with Gasteiger partial charge in [0, 0.05) is 19.3 Å². The van der Waals surface area contributed by atoms with Gasteiger partial charge in [-0.15, -0.1) is 0 Å². The maximum absolute atomic E-state index is 12.9. The quantitative estimate of drug-likeness (QED) is 0.0261. The normalized spacial score (nSPS) is 13.4. The molecule has 0 amide bonds. The van der Waals surface area contributed by atoms with Crippen LogP contribution < -0.4 is 0 Å². The first kappa shape index (κ1) is 77.2. The summed E-state index contributed by atoms with van der Waals surface area (Å²) in [7, 11) is 0. The Morgan fingerprint density at radius 3 is 0.687 bits per heavy atom. The van der Waals surface area contributed by atoms with Gasteiger partial charge in [0.1, 0.15) is 13.2 Å². The first-order valence-electron chi connectivity index (χ1n) is 32.9. The highest BCUT2D eigenvalue weighted by Crippen LogP contribution is 2.13. The van der Waals surface area contributed by atoms with Crippen molar-refractivity contribution in [1.82, 2.24) is 0 Å². The van der Waals surface area contributed by atoms with Crippen LogP contribution in [0.4, 0.5) is 0 Å². The Balaban J connectivity index is 4.43. The minimum absolute atomic E-state index is 0.114. The summed E-state index contributed by atoms with van der Waals surface area (Å²) in [5.74, 6) is -0.984. The van der Waals surface area contributed by atoms with Gasteiger partial charge in [-0.1, -0.05) is 267 Å². The summed E-state index contributed by atoms with van der Waals surface area (Å²) in [5, 5.41) is 0. The van der Waals surface area contributed by atoms with Crippen LogP contribution in [-0.2, 0) is 28.6 Å². The molecule has 0 radical (unpaired) electrons. The summed E-state index contributed by atoms with van der Waals surface area (Å²) in [4.78, 5) is 38.3. The largest absolute Gasteiger partial charge is 0.462 e. The van der Waals surface area contributed by atoms with Gasteiger partial charge in [0.15, 0.2) is 6.10 Å². The van der Waals surface area contributed by atoms with Crippen LogP contribution in [0.1, 0.15) is 252 Å². The highest BCUT2D eigenvalue weighted by Gasteiger charge is 2.19. The Morgan fingerprint density at radius 1 is 0.241 bits per heavy atom. The predicted molar refractivity (Wildman–Crippen MR) is 361 cm³/mol. The minimum atomic E-state index is -0.820. The van der Waals surface area contributed by atoms with E-state index in [1.807, 2.05) is 0 Å². The second kappa shape index (κ2) is 68.7. The van der Waals surface area contributed by atoms with Gasteiger partial charge in [-0.2, -0.15) is 0 Å². The number of allylic oxidation sites excluding steroid dienone is 32. The summed E-state index contributed by atoms with van der Waals surface area (Å²) in [5.41, 5.74) is 0. The van der Waals surface area contributed by atoms with Crippen LogP contribution in [0.5, 0.6) is 0 Å². The van der Waals surface area contributed by atoms with Crippen molar-refractivity contribution in [3.05, 3.63) is 194 Å². The van der Waals surface area contributed by atoms with Crippen LogP contribution >= 0.6 is 0 Å². The molecule has 0 aliphatic carbocycles. The Hall–Kier alpha value is -5.75. The van der Waals surface area contributed by atoms with Crippen LogP contribution in [-0.4, -0.2) is 37.2 Å². The van der Waals surface area contributed by atoms with E-state index in [0.717, 1.165) is 199 Å². The fraction of sp³-hybridized carbons (Fsp3) is 0.545. The zero-order chi connectivity index (χ0) is 59.9. The molecule has 462 valence electrons. The molecule has 0 spiro atoms. The third-order valence-electron chi connectivity index (χ3n) is 13.1. The van der Waals surface area contributed by atoms with Gasteiger partial charge in [0.05, 0.1) is 0 Å². The van der Waals surface area contributed by atoms with E-state index in [4.69, 9.17) is 14.2 Å². The molecule has 0 rings (SSSR count). The van der Waals surface area contributed by atoms with Crippen molar-refractivity contribution in [2.24, 2.45) is 0 Å². The topological polar surface area (TPSA) is 78.9 Å². The van der Waals surface area contributed by atoms with E-state index in [2.05, 4.69) is 215 Å². The number of rotatable bonds is 57. The summed E-state index contributed by atoms with van der Waals surface area (Å²) in [6.45, 7) is 6.23. The number of carbonyl (C=O) groups is 3. The molecule has 1 atom stereocenters. The fourth-order valence-electron chi connectivity index (χ4n) is 8.26. The maximum atomic E-state index is 12.9. The Kier molecular flexibility index (Phi) is 64.0. The van der Waals surface area contributed by atoms with E-state index < -0.39 is 6.10 Å². The average molecular weight is 1140 g/mol. The van der Waals surface area contributed by atoms with E-state index in [0.29, 0.717) is 12.8 Å². The van der Waals surface area contributed by atoms with Gasteiger partial charge in [-0.25, -0.2) is 0 Å². The highest BCUT2D eigenvalue weighted by atomic mass is 16.6. The van der Waals surface area contributed by atoms with Crippen molar-refractivity contribution < 1.29 is 28.6 Å². The molecule has 0 aromatic heterocycles. The van der Waals surface area contributed by atoms with Gasteiger partial charge in [0.25, 0.3) is 0 Å².